The van der Waals surface area contributed by atoms with Crippen molar-refractivity contribution in [2.75, 3.05) is 45.0 Å². The molecule has 4 rings (SSSR count). The molecule has 3 atom stereocenters. The Morgan fingerprint density at radius 3 is 2.07 bits per heavy atom. The molecule has 11 nitrogen and oxygen atoms in total. The summed E-state index contributed by atoms with van der Waals surface area (Å²) in [6.45, 7) is 12.1. The molecule has 0 radical (unpaired) electrons. The number of hydrogen-bond donors (Lipinski definition) is 2. The Morgan fingerprint density at radius 2 is 1.51 bits per heavy atom. The van der Waals surface area contributed by atoms with Crippen LogP contribution in [0.2, 0.25) is 5.02 Å². The number of aryl methyl sites for hydroxylation is 2. The van der Waals surface area contributed by atoms with Crippen LogP contribution in [-0.4, -0.2) is 100 Å². The number of β-amino-alcohol motifs (C(OH)–C–C–N with tert-alkyl or cyclic N) is 2. The zero-order valence-corrected chi connectivity index (χ0v) is 26.0. The fourth-order valence-corrected chi connectivity index (χ4v) is 6.74. The summed E-state index contributed by atoms with van der Waals surface area (Å²) >= 11 is 6.22. The first-order chi connectivity index (χ1) is 19.3. The van der Waals surface area contributed by atoms with Crippen LogP contribution in [0, 0.1) is 19.8 Å². The first-order valence-electron chi connectivity index (χ1n) is 14.0. The predicted molar refractivity (Wildman–Crippen MR) is 161 cm³/mol. The van der Waals surface area contributed by atoms with Gasteiger partial charge in [-0.25, -0.2) is 9.78 Å². The van der Waals surface area contributed by atoms with Crippen molar-refractivity contribution in [1.82, 2.24) is 28.5 Å². The minimum atomic E-state index is -1.33. The molecule has 13 heteroatoms. The quantitative estimate of drug-likeness (QED) is 0.330. The minimum Gasteiger partial charge on any atom is -0.391 e. The van der Waals surface area contributed by atoms with Crippen LogP contribution < -0.4 is 11.2 Å². The molecule has 1 aliphatic rings. The number of halogens is 1. The highest BCUT2D eigenvalue weighted by Crippen LogP contribution is 2.24. The van der Waals surface area contributed by atoms with Gasteiger partial charge in [0.1, 0.15) is 0 Å². The van der Waals surface area contributed by atoms with Crippen LogP contribution in [0.3, 0.4) is 0 Å². The lowest BCUT2D eigenvalue weighted by Gasteiger charge is -2.36. The first-order valence-corrected chi connectivity index (χ1v) is 15.7. The van der Waals surface area contributed by atoms with Gasteiger partial charge in [0.05, 0.1) is 41.6 Å². The summed E-state index contributed by atoms with van der Waals surface area (Å²) < 4.78 is 17.1. The van der Waals surface area contributed by atoms with E-state index in [0.717, 1.165) is 15.7 Å². The summed E-state index contributed by atoms with van der Waals surface area (Å²) in [6.07, 6.45) is 0.0459. The van der Waals surface area contributed by atoms with Crippen molar-refractivity contribution >= 4 is 33.6 Å². The van der Waals surface area contributed by atoms with E-state index < -0.39 is 34.3 Å². The van der Waals surface area contributed by atoms with Gasteiger partial charge in [0.25, 0.3) is 5.56 Å². The topological polar surface area (TPSA) is 126 Å². The Bertz CT molecular complexity index is 1500. The van der Waals surface area contributed by atoms with E-state index in [1.165, 1.54) is 17.9 Å². The maximum atomic E-state index is 12.9. The van der Waals surface area contributed by atoms with E-state index in [1.54, 1.807) is 4.57 Å². The van der Waals surface area contributed by atoms with Crippen LogP contribution in [-0.2, 0) is 30.9 Å². The van der Waals surface area contributed by atoms with Gasteiger partial charge in [0.2, 0.25) is 0 Å². The lowest BCUT2D eigenvalue weighted by atomic mass is 10.2. The smallest absolute Gasteiger partial charge is 0.332 e. The number of imidazole rings is 1. The highest BCUT2D eigenvalue weighted by atomic mass is 35.5. The van der Waals surface area contributed by atoms with Gasteiger partial charge < -0.3 is 14.8 Å². The third kappa shape index (κ3) is 7.36. The van der Waals surface area contributed by atoms with Gasteiger partial charge in [-0.1, -0.05) is 25.4 Å². The van der Waals surface area contributed by atoms with Gasteiger partial charge in [-0.3, -0.25) is 27.9 Å². The number of aromatic nitrogens is 4. The molecule has 0 amide bonds. The normalized spacial score (nSPS) is 17.4. The van der Waals surface area contributed by atoms with Gasteiger partial charge >= 0.3 is 5.69 Å². The number of piperazine rings is 1. The van der Waals surface area contributed by atoms with E-state index in [1.807, 2.05) is 39.8 Å². The Kier molecular flexibility index (Phi) is 10.2. The van der Waals surface area contributed by atoms with E-state index in [-0.39, 0.29) is 18.2 Å². The third-order valence-electron chi connectivity index (χ3n) is 7.47. The highest BCUT2D eigenvalue weighted by molar-refractivity contribution is 7.85. The van der Waals surface area contributed by atoms with Crippen molar-refractivity contribution in [3.05, 3.63) is 55.4 Å². The Labute approximate surface area is 247 Å². The maximum Gasteiger partial charge on any atom is 0.332 e. The maximum absolute atomic E-state index is 12.9. The molecule has 1 saturated heterocycles. The van der Waals surface area contributed by atoms with Crippen molar-refractivity contribution in [1.29, 1.82) is 0 Å². The second-order valence-electron chi connectivity index (χ2n) is 11.5. The van der Waals surface area contributed by atoms with Crippen LogP contribution in [0.5, 0.6) is 0 Å². The fourth-order valence-electron chi connectivity index (χ4n) is 5.37. The van der Waals surface area contributed by atoms with Gasteiger partial charge in [-0.05, 0) is 43.0 Å². The molecule has 3 unspecified atom stereocenters. The number of benzene rings is 1. The van der Waals surface area contributed by atoms with Crippen LogP contribution in [0.1, 0.15) is 25.0 Å². The predicted octanol–water partition coefficient (Wildman–Crippen LogP) is 0.970. The van der Waals surface area contributed by atoms with E-state index in [0.29, 0.717) is 66.9 Å². The molecule has 0 spiro atoms. The minimum absolute atomic E-state index is 0.156. The molecule has 1 aliphatic heterocycles. The zero-order chi connectivity index (χ0) is 30.0. The molecule has 1 aromatic carbocycles. The zero-order valence-electron chi connectivity index (χ0n) is 24.4. The number of aliphatic hydroxyl groups excluding tert-OH is 2. The average Bonchev–Trinajstić information content (AvgIpc) is 3.32. The fraction of sp³-hybridized carbons (Fsp3) is 0.607. The molecule has 0 aliphatic carbocycles. The molecule has 3 aromatic rings. The Balaban J connectivity index is 1.30. The summed E-state index contributed by atoms with van der Waals surface area (Å²) in [5.74, 6) is 0.353. The van der Waals surface area contributed by atoms with Crippen LogP contribution >= 0.6 is 11.6 Å². The number of hydrogen-bond acceptors (Lipinski definition) is 8. The van der Waals surface area contributed by atoms with E-state index in [9.17, 15) is 24.0 Å². The van der Waals surface area contributed by atoms with Crippen molar-refractivity contribution < 1.29 is 14.4 Å². The number of nitrogens with zero attached hydrogens (tertiary/aromatic N) is 6. The Morgan fingerprint density at radius 1 is 0.951 bits per heavy atom. The molecular formula is C28H41ClN6O5S. The number of rotatable bonds is 11. The molecule has 3 heterocycles. The highest BCUT2D eigenvalue weighted by Gasteiger charge is 2.24. The number of fused-ring (bicyclic) bond motifs is 1. The Hall–Kier alpha value is -2.35. The van der Waals surface area contributed by atoms with Crippen LogP contribution in [0.25, 0.3) is 11.2 Å². The van der Waals surface area contributed by atoms with Crippen LogP contribution in [0.15, 0.2) is 32.9 Å². The average molecular weight is 609 g/mol. The second-order valence-corrected chi connectivity index (χ2v) is 13.4. The van der Waals surface area contributed by atoms with Crippen LogP contribution in [0.4, 0.5) is 0 Å². The van der Waals surface area contributed by atoms with E-state index >= 15 is 0 Å². The van der Waals surface area contributed by atoms with Crippen molar-refractivity contribution in [2.45, 2.75) is 57.9 Å². The summed E-state index contributed by atoms with van der Waals surface area (Å²) in [6, 6.07) is 3.63. The molecule has 1 fully saturated rings. The third-order valence-corrected chi connectivity index (χ3v) is 9.52. The molecule has 0 saturated carbocycles. The lowest BCUT2D eigenvalue weighted by molar-refractivity contribution is 0.0488. The SMILES string of the molecule is Cc1cc(S(=O)CC(O)CN2CCN(CC(O)Cn3cnc4c3c(=O)n(C)c(=O)n4CC(C)C)CC2)cc(C)c1Cl. The van der Waals surface area contributed by atoms with E-state index in [2.05, 4.69) is 14.8 Å². The summed E-state index contributed by atoms with van der Waals surface area (Å²) in [5.41, 5.74) is 1.58. The second kappa shape index (κ2) is 13.3. The van der Waals surface area contributed by atoms with Crippen molar-refractivity contribution in [3.8, 4) is 0 Å². The van der Waals surface area contributed by atoms with Gasteiger partial charge in [-0.15, -0.1) is 0 Å². The molecule has 2 N–H and O–H groups in total. The van der Waals surface area contributed by atoms with Crippen molar-refractivity contribution in [2.24, 2.45) is 13.0 Å². The summed E-state index contributed by atoms with van der Waals surface area (Å²) in [5, 5.41) is 22.2. The first kappa shape index (κ1) is 31.6. The molecule has 41 heavy (non-hydrogen) atoms. The van der Waals surface area contributed by atoms with E-state index in [4.69, 9.17) is 11.6 Å². The summed E-state index contributed by atoms with van der Waals surface area (Å²) in [4.78, 5) is 34.9. The lowest BCUT2D eigenvalue weighted by Crippen LogP contribution is -2.51. The standard InChI is InChI=1S/C28H41ClN6O5S/c1-18(2)12-35-26-25(27(38)31(5)28(35)39)34(17-30-26)15-21(36)13-32-6-8-33(9-7-32)14-22(37)16-41(40)23-10-19(3)24(29)20(4)11-23/h10-11,17-18,21-22,36-37H,6-9,12-16H2,1-5H3. The molecule has 2 aromatic heterocycles. The monoisotopic (exact) mass is 608 g/mol. The van der Waals surface area contributed by atoms with Gasteiger partial charge in [0, 0.05) is 62.8 Å². The van der Waals surface area contributed by atoms with Crippen molar-refractivity contribution in [3.63, 3.8) is 0 Å². The summed E-state index contributed by atoms with van der Waals surface area (Å²) in [7, 11) is 0.135. The van der Waals surface area contributed by atoms with Gasteiger partial charge in [0.15, 0.2) is 11.2 Å². The largest absolute Gasteiger partial charge is 0.391 e. The van der Waals surface area contributed by atoms with Gasteiger partial charge in [-0.2, -0.15) is 0 Å². The molecule has 226 valence electrons. The molecular weight excluding hydrogens is 568 g/mol. The molecule has 0 bridgehead atoms. The number of aliphatic hydroxyl groups is 2.